The minimum Gasteiger partial charge on any atom is -0.389 e. The molecule has 2 nitrogen and oxygen atoms in total. The van der Waals surface area contributed by atoms with Gasteiger partial charge >= 0.3 is 0 Å². The van der Waals surface area contributed by atoms with Crippen LogP contribution in [0.5, 0.6) is 0 Å². The molecule has 0 heterocycles. The molecule has 0 radical (unpaired) electrons. The zero-order chi connectivity index (χ0) is 13.6. The van der Waals surface area contributed by atoms with E-state index in [1.54, 1.807) is 11.8 Å². The molecule has 1 saturated carbocycles. The van der Waals surface area contributed by atoms with Crippen molar-refractivity contribution < 1.29 is 5.11 Å². The maximum Gasteiger partial charge on any atom is 0.0741 e. The summed E-state index contributed by atoms with van der Waals surface area (Å²) in [6.45, 7) is 4.06. The SMILES string of the molecule is CCNCc1ccc(SCC2(O)CCCCC2)cc1. The van der Waals surface area contributed by atoms with Crippen LogP contribution in [0.1, 0.15) is 44.6 Å². The molecular weight excluding hydrogens is 254 g/mol. The highest BCUT2D eigenvalue weighted by Gasteiger charge is 2.28. The minimum absolute atomic E-state index is 0.425. The predicted octanol–water partition coefficient (Wildman–Crippen LogP) is 3.58. The standard InChI is InChI=1S/C16H25NOS/c1-2-17-12-14-6-8-15(9-7-14)19-13-16(18)10-4-3-5-11-16/h6-9,17-18H,2-5,10-13H2,1H3. The van der Waals surface area contributed by atoms with Crippen LogP contribution in [0.3, 0.4) is 0 Å². The van der Waals surface area contributed by atoms with Crippen molar-refractivity contribution in [1.82, 2.24) is 5.32 Å². The molecule has 0 aliphatic heterocycles. The van der Waals surface area contributed by atoms with E-state index in [0.29, 0.717) is 0 Å². The van der Waals surface area contributed by atoms with Gasteiger partial charge in [-0.25, -0.2) is 0 Å². The molecule has 0 spiro atoms. The fraction of sp³-hybridized carbons (Fsp3) is 0.625. The third kappa shape index (κ3) is 4.83. The molecule has 0 amide bonds. The number of benzene rings is 1. The van der Waals surface area contributed by atoms with Crippen LogP contribution in [-0.4, -0.2) is 23.0 Å². The van der Waals surface area contributed by atoms with Gasteiger partial charge in [-0.05, 0) is 37.1 Å². The van der Waals surface area contributed by atoms with Gasteiger partial charge in [0, 0.05) is 17.2 Å². The molecule has 1 aromatic rings. The molecule has 3 heteroatoms. The van der Waals surface area contributed by atoms with Gasteiger partial charge in [0.2, 0.25) is 0 Å². The molecule has 1 aliphatic rings. The fourth-order valence-electron chi connectivity index (χ4n) is 2.54. The minimum atomic E-state index is -0.425. The Morgan fingerprint density at radius 2 is 1.84 bits per heavy atom. The summed E-state index contributed by atoms with van der Waals surface area (Å²) in [5.74, 6) is 0.833. The van der Waals surface area contributed by atoms with Crippen molar-refractivity contribution in [2.75, 3.05) is 12.3 Å². The fourth-order valence-corrected chi connectivity index (χ4v) is 3.60. The second-order valence-corrected chi connectivity index (χ2v) is 6.55. The highest BCUT2D eigenvalue weighted by Crippen LogP contribution is 2.33. The first-order valence-corrected chi connectivity index (χ1v) is 8.35. The molecule has 2 rings (SSSR count). The predicted molar refractivity (Wildman–Crippen MR) is 82.6 cm³/mol. The van der Waals surface area contributed by atoms with Crippen LogP contribution in [0, 0.1) is 0 Å². The van der Waals surface area contributed by atoms with E-state index < -0.39 is 5.60 Å². The highest BCUT2D eigenvalue weighted by atomic mass is 32.2. The largest absolute Gasteiger partial charge is 0.389 e. The van der Waals surface area contributed by atoms with Crippen molar-refractivity contribution >= 4 is 11.8 Å². The monoisotopic (exact) mass is 279 g/mol. The Balaban J connectivity index is 1.82. The molecule has 106 valence electrons. The summed E-state index contributed by atoms with van der Waals surface area (Å²) in [5.41, 5.74) is 0.897. The summed E-state index contributed by atoms with van der Waals surface area (Å²) in [4.78, 5) is 1.26. The molecule has 0 aromatic heterocycles. The van der Waals surface area contributed by atoms with Crippen molar-refractivity contribution in [2.45, 2.75) is 56.1 Å². The maximum atomic E-state index is 10.5. The van der Waals surface area contributed by atoms with E-state index >= 15 is 0 Å². The summed E-state index contributed by atoms with van der Waals surface area (Å²) in [5, 5.41) is 13.8. The zero-order valence-electron chi connectivity index (χ0n) is 11.8. The van der Waals surface area contributed by atoms with Gasteiger partial charge in [0.05, 0.1) is 5.60 Å². The third-order valence-corrected chi connectivity index (χ3v) is 5.08. The van der Waals surface area contributed by atoms with E-state index in [0.717, 1.165) is 31.7 Å². The third-order valence-electron chi connectivity index (χ3n) is 3.79. The number of aliphatic hydroxyl groups is 1. The van der Waals surface area contributed by atoms with Gasteiger partial charge in [-0.1, -0.05) is 38.3 Å². The van der Waals surface area contributed by atoms with Crippen molar-refractivity contribution in [3.63, 3.8) is 0 Å². The van der Waals surface area contributed by atoms with Gasteiger partial charge in [-0.2, -0.15) is 0 Å². The number of hydrogen-bond donors (Lipinski definition) is 2. The van der Waals surface area contributed by atoms with Gasteiger partial charge in [0.1, 0.15) is 0 Å². The molecule has 1 aromatic carbocycles. The van der Waals surface area contributed by atoms with E-state index in [9.17, 15) is 5.11 Å². The number of nitrogens with one attached hydrogen (secondary N) is 1. The van der Waals surface area contributed by atoms with Crippen LogP contribution in [0.4, 0.5) is 0 Å². The van der Waals surface area contributed by atoms with Crippen LogP contribution in [0.15, 0.2) is 29.2 Å². The zero-order valence-corrected chi connectivity index (χ0v) is 12.6. The smallest absolute Gasteiger partial charge is 0.0741 e. The molecule has 0 atom stereocenters. The summed E-state index contributed by atoms with van der Waals surface area (Å²) in [6.07, 6.45) is 5.58. The molecule has 2 N–H and O–H groups in total. The van der Waals surface area contributed by atoms with Crippen molar-refractivity contribution in [2.24, 2.45) is 0 Å². The van der Waals surface area contributed by atoms with Crippen LogP contribution in [0.25, 0.3) is 0 Å². The Morgan fingerprint density at radius 3 is 2.47 bits per heavy atom. The lowest BCUT2D eigenvalue weighted by molar-refractivity contribution is 0.0273. The van der Waals surface area contributed by atoms with Gasteiger partial charge < -0.3 is 10.4 Å². The Labute approximate surface area is 121 Å². The molecule has 19 heavy (non-hydrogen) atoms. The summed E-state index contributed by atoms with van der Waals surface area (Å²) in [7, 11) is 0. The lowest BCUT2D eigenvalue weighted by Crippen LogP contribution is -2.33. The second kappa shape index (κ2) is 7.32. The second-order valence-electron chi connectivity index (χ2n) is 5.50. The first kappa shape index (κ1) is 14.9. The average molecular weight is 279 g/mol. The van der Waals surface area contributed by atoms with Crippen LogP contribution < -0.4 is 5.32 Å². The van der Waals surface area contributed by atoms with Gasteiger partial charge in [-0.15, -0.1) is 11.8 Å². The van der Waals surface area contributed by atoms with Gasteiger partial charge in [-0.3, -0.25) is 0 Å². The maximum absolute atomic E-state index is 10.5. The van der Waals surface area contributed by atoms with E-state index in [4.69, 9.17) is 0 Å². The first-order valence-electron chi connectivity index (χ1n) is 7.37. The van der Waals surface area contributed by atoms with E-state index in [1.807, 2.05) is 0 Å². The molecule has 1 fully saturated rings. The van der Waals surface area contributed by atoms with Crippen molar-refractivity contribution in [1.29, 1.82) is 0 Å². The van der Waals surface area contributed by atoms with Crippen molar-refractivity contribution in [3.8, 4) is 0 Å². The summed E-state index contributed by atoms with van der Waals surface area (Å²) in [6, 6.07) is 8.69. The number of hydrogen-bond acceptors (Lipinski definition) is 3. The first-order chi connectivity index (χ1) is 9.22. The van der Waals surface area contributed by atoms with E-state index in [1.165, 1.54) is 29.7 Å². The normalized spacial score (nSPS) is 18.4. The molecular formula is C16H25NOS. The summed E-state index contributed by atoms with van der Waals surface area (Å²) < 4.78 is 0. The van der Waals surface area contributed by atoms with Gasteiger partial charge in [0.15, 0.2) is 0 Å². The Hall–Kier alpha value is -0.510. The lowest BCUT2D eigenvalue weighted by atomic mass is 9.86. The molecule has 0 saturated heterocycles. The van der Waals surface area contributed by atoms with E-state index in [-0.39, 0.29) is 0 Å². The van der Waals surface area contributed by atoms with Crippen LogP contribution in [-0.2, 0) is 6.54 Å². The van der Waals surface area contributed by atoms with Gasteiger partial charge in [0.25, 0.3) is 0 Å². The highest BCUT2D eigenvalue weighted by molar-refractivity contribution is 7.99. The Morgan fingerprint density at radius 1 is 1.16 bits per heavy atom. The lowest BCUT2D eigenvalue weighted by Gasteiger charge is -2.31. The molecule has 0 unspecified atom stereocenters. The van der Waals surface area contributed by atoms with Crippen LogP contribution in [0.2, 0.25) is 0 Å². The number of rotatable bonds is 6. The van der Waals surface area contributed by atoms with E-state index in [2.05, 4.69) is 36.5 Å². The molecule has 1 aliphatic carbocycles. The number of thioether (sulfide) groups is 1. The average Bonchev–Trinajstić information content (AvgIpc) is 2.45. The quantitative estimate of drug-likeness (QED) is 0.781. The topological polar surface area (TPSA) is 32.3 Å². The molecule has 0 bridgehead atoms. The summed E-state index contributed by atoms with van der Waals surface area (Å²) >= 11 is 1.79. The Bertz CT molecular complexity index is 371. The van der Waals surface area contributed by atoms with Crippen molar-refractivity contribution in [3.05, 3.63) is 29.8 Å². The Kier molecular flexibility index (Phi) is 5.74. The van der Waals surface area contributed by atoms with Crippen LogP contribution >= 0.6 is 11.8 Å².